The third-order valence-electron chi connectivity index (χ3n) is 3.06. The number of hydrogen-bond donors (Lipinski definition) is 2. The second-order valence-corrected chi connectivity index (χ2v) is 4.88. The van der Waals surface area contributed by atoms with E-state index in [1.54, 1.807) is 13.0 Å². The standard InChI is InChI=1S/C13H16ClFN4O/c1-8-6-11-10(7-9(8)15)18-12(2-3-14)19(11)5-4-17-13(16)20/h6-7H,2-5H2,1H3,(H3,16,17,20). The van der Waals surface area contributed by atoms with Gasteiger partial charge in [-0.2, -0.15) is 0 Å². The van der Waals surface area contributed by atoms with E-state index in [2.05, 4.69) is 10.3 Å². The van der Waals surface area contributed by atoms with E-state index in [9.17, 15) is 9.18 Å². The lowest BCUT2D eigenvalue weighted by Gasteiger charge is -2.09. The van der Waals surface area contributed by atoms with Crippen LogP contribution in [0.2, 0.25) is 0 Å². The first-order valence-electron chi connectivity index (χ1n) is 6.27. The molecule has 0 spiro atoms. The Kier molecular flexibility index (Phi) is 4.44. The Balaban J connectivity index is 2.39. The molecule has 0 aliphatic heterocycles. The fourth-order valence-corrected chi connectivity index (χ4v) is 2.28. The molecule has 0 bridgehead atoms. The van der Waals surface area contributed by atoms with Crippen LogP contribution in [0.15, 0.2) is 12.1 Å². The van der Waals surface area contributed by atoms with E-state index in [1.807, 2.05) is 4.57 Å². The van der Waals surface area contributed by atoms with Crippen LogP contribution in [0, 0.1) is 12.7 Å². The predicted molar refractivity (Wildman–Crippen MR) is 76.4 cm³/mol. The Morgan fingerprint density at radius 3 is 2.95 bits per heavy atom. The van der Waals surface area contributed by atoms with Crippen LogP contribution in [0.3, 0.4) is 0 Å². The summed E-state index contributed by atoms with van der Waals surface area (Å²) in [6, 6.07) is 2.59. The monoisotopic (exact) mass is 298 g/mol. The molecule has 2 rings (SSSR count). The molecule has 3 N–H and O–H groups in total. The normalized spacial score (nSPS) is 10.9. The van der Waals surface area contributed by atoms with Gasteiger partial charge in [0.25, 0.3) is 0 Å². The molecule has 2 aromatic rings. The van der Waals surface area contributed by atoms with Crippen molar-refractivity contribution in [2.24, 2.45) is 5.73 Å². The highest BCUT2D eigenvalue weighted by Gasteiger charge is 2.12. The van der Waals surface area contributed by atoms with Gasteiger partial charge in [0.05, 0.1) is 11.0 Å². The molecule has 0 saturated carbocycles. The minimum absolute atomic E-state index is 0.283. The lowest BCUT2D eigenvalue weighted by Crippen LogP contribution is -2.32. The molecule has 0 atom stereocenters. The molecular weight excluding hydrogens is 283 g/mol. The number of carbonyl (C=O) groups is 1. The number of hydrogen-bond acceptors (Lipinski definition) is 2. The van der Waals surface area contributed by atoms with Crippen molar-refractivity contribution in [2.75, 3.05) is 12.4 Å². The summed E-state index contributed by atoms with van der Waals surface area (Å²) in [7, 11) is 0. The molecule has 108 valence electrons. The van der Waals surface area contributed by atoms with Gasteiger partial charge >= 0.3 is 6.03 Å². The third kappa shape index (κ3) is 3.01. The van der Waals surface area contributed by atoms with Crippen LogP contribution in [-0.2, 0) is 13.0 Å². The van der Waals surface area contributed by atoms with Gasteiger partial charge in [0.1, 0.15) is 11.6 Å². The number of benzene rings is 1. The molecule has 2 amide bonds. The average molecular weight is 299 g/mol. The zero-order chi connectivity index (χ0) is 14.7. The van der Waals surface area contributed by atoms with Gasteiger partial charge in [-0.1, -0.05) is 0 Å². The van der Waals surface area contributed by atoms with Crippen molar-refractivity contribution in [3.63, 3.8) is 0 Å². The highest BCUT2D eigenvalue weighted by Crippen LogP contribution is 2.20. The van der Waals surface area contributed by atoms with Crippen LogP contribution in [0.4, 0.5) is 9.18 Å². The number of amides is 2. The molecule has 1 aromatic heterocycles. The van der Waals surface area contributed by atoms with Gasteiger partial charge in [-0.25, -0.2) is 14.2 Å². The van der Waals surface area contributed by atoms with E-state index >= 15 is 0 Å². The second-order valence-electron chi connectivity index (χ2n) is 4.50. The number of nitrogens with two attached hydrogens (primary N) is 1. The van der Waals surface area contributed by atoms with Crippen molar-refractivity contribution < 1.29 is 9.18 Å². The van der Waals surface area contributed by atoms with Crippen LogP contribution < -0.4 is 11.1 Å². The Morgan fingerprint density at radius 2 is 2.30 bits per heavy atom. The number of aromatic nitrogens is 2. The minimum Gasteiger partial charge on any atom is -0.352 e. The highest BCUT2D eigenvalue weighted by atomic mass is 35.5. The fourth-order valence-electron chi connectivity index (χ4n) is 2.12. The van der Waals surface area contributed by atoms with Gasteiger partial charge in [-0.05, 0) is 18.6 Å². The molecule has 0 aliphatic rings. The summed E-state index contributed by atoms with van der Waals surface area (Å²) >= 11 is 5.77. The molecule has 5 nitrogen and oxygen atoms in total. The Bertz CT molecular complexity index is 641. The van der Waals surface area contributed by atoms with Crippen LogP contribution in [0.25, 0.3) is 11.0 Å². The van der Waals surface area contributed by atoms with Crippen molar-refractivity contribution in [3.05, 3.63) is 29.3 Å². The second kappa shape index (κ2) is 6.09. The summed E-state index contributed by atoms with van der Waals surface area (Å²) in [4.78, 5) is 15.1. The Hall–Kier alpha value is -1.82. The largest absolute Gasteiger partial charge is 0.352 e. The van der Waals surface area contributed by atoms with Gasteiger partial charge in [0.2, 0.25) is 0 Å². The van der Waals surface area contributed by atoms with Gasteiger partial charge < -0.3 is 15.6 Å². The predicted octanol–water partition coefficient (Wildman–Crippen LogP) is 1.93. The van der Waals surface area contributed by atoms with Crippen molar-refractivity contribution in [1.29, 1.82) is 0 Å². The number of alkyl halides is 1. The van der Waals surface area contributed by atoms with Gasteiger partial charge in [-0.3, -0.25) is 0 Å². The number of aryl methyl sites for hydroxylation is 2. The Morgan fingerprint density at radius 1 is 1.55 bits per heavy atom. The van der Waals surface area contributed by atoms with E-state index in [-0.39, 0.29) is 5.82 Å². The molecule has 0 aliphatic carbocycles. The van der Waals surface area contributed by atoms with E-state index in [4.69, 9.17) is 17.3 Å². The maximum absolute atomic E-state index is 13.6. The average Bonchev–Trinajstić information content (AvgIpc) is 2.68. The topological polar surface area (TPSA) is 72.9 Å². The van der Waals surface area contributed by atoms with E-state index < -0.39 is 6.03 Å². The maximum atomic E-state index is 13.6. The van der Waals surface area contributed by atoms with Crippen molar-refractivity contribution in [2.45, 2.75) is 19.9 Å². The van der Waals surface area contributed by atoms with E-state index in [0.29, 0.717) is 36.5 Å². The van der Waals surface area contributed by atoms with Crippen molar-refractivity contribution in [3.8, 4) is 0 Å². The van der Waals surface area contributed by atoms with Gasteiger partial charge in [0, 0.05) is 31.5 Å². The zero-order valence-corrected chi connectivity index (χ0v) is 11.9. The lowest BCUT2D eigenvalue weighted by atomic mass is 10.2. The molecule has 0 radical (unpaired) electrons. The SMILES string of the molecule is Cc1cc2c(cc1F)nc(CCCl)n2CCNC(N)=O. The summed E-state index contributed by atoms with van der Waals surface area (Å²) < 4.78 is 15.5. The highest BCUT2D eigenvalue weighted by molar-refractivity contribution is 6.17. The number of urea groups is 1. The number of carbonyl (C=O) groups excluding carboxylic acids is 1. The first-order chi connectivity index (χ1) is 9.52. The first-order valence-corrected chi connectivity index (χ1v) is 6.81. The molecule has 0 fully saturated rings. The van der Waals surface area contributed by atoms with E-state index in [1.165, 1.54) is 6.07 Å². The molecule has 7 heteroatoms. The fraction of sp³-hybridized carbons (Fsp3) is 0.385. The summed E-state index contributed by atoms with van der Waals surface area (Å²) in [6.07, 6.45) is 0.577. The number of fused-ring (bicyclic) bond motifs is 1. The number of nitrogens with one attached hydrogen (secondary N) is 1. The van der Waals surface area contributed by atoms with Crippen LogP contribution in [-0.4, -0.2) is 28.0 Å². The number of rotatable bonds is 5. The van der Waals surface area contributed by atoms with Crippen LogP contribution in [0.1, 0.15) is 11.4 Å². The van der Waals surface area contributed by atoms with Crippen LogP contribution >= 0.6 is 11.6 Å². The number of primary amides is 1. The molecule has 0 unspecified atom stereocenters. The number of nitrogens with zero attached hydrogens (tertiary/aromatic N) is 2. The third-order valence-corrected chi connectivity index (χ3v) is 3.25. The minimum atomic E-state index is -0.574. The van der Waals surface area contributed by atoms with Gasteiger partial charge in [0.15, 0.2) is 0 Å². The van der Waals surface area contributed by atoms with E-state index in [0.717, 1.165) is 11.3 Å². The molecule has 1 aromatic carbocycles. The summed E-state index contributed by atoms with van der Waals surface area (Å²) in [5, 5.41) is 2.53. The summed E-state index contributed by atoms with van der Waals surface area (Å²) in [5.74, 6) is 0.912. The molecular formula is C13H16ClFN4O. The van der Waals surface area contributed by atoms with Crippen molar-refractivity contribution in [1.82, 2.24) is 14.9 Å². The number of halogens is 2. The Labute approximate surface area is 120 Å². The summed E-state index contributed by atoms with van der Waals surface area (Å²) in [6.45, 7) is 2.60. The molecule has 1 heterocycles. The maximum Gasteiger partial charge on any atom is 0.312 e. The van der Waals surface area contributed by atoms with Crippen LogP contribution in [0.5, 0.6) is 0 Å². The zero-order valence-electron chi connectivity index (χ0n) is 11.1. The molecule has 20 heavy (non-hydrogen) atoms. The van der Waals surface area contributed by atoms with Crippen molar-refractivity contribution >= 4 is 28.7 Å². The summed E-state index contributed by atoms with van der Waals surface area (Å²) in [5.41, 5.74) is 7.01. The van der Waals surface area contributed by atoms with Gasteiger partial charge in [-0.15, -0.1) is 11.6 Å². The lowest BCUT2D eigenvalue weighted by molar-refractivity contribution is 0.248. The number of imidazole rings is 1. The smallest absolute Gasteiger partial charge is 0.312 e. The molecule has 0 saturated heterocycles. The quantitative estimate of drug-likeness (QED) is 0.828. The first kappa shape index (κ1) is 14.6.